The van der Waals surface area contributed by atoms with E-state index in [0.29, 0.717) is 17.8 Å². The Bertz CT molecular complexity index is 617. The average molecular weight is 334 g/mol. The molecule has 0 saturated heterocycles. The van der Waals surface area contributed by atoms with E-state index in [2.05, 4.69) is 5.32 Å². The maximum atomic E-state index is 12.2. The molecule has 2 aromatic carbocycles. The average Bonchev–Trinajstić information content (AvgIpc) is 2.40. The lowest BCUT2D eigenvalue weighted by Gasteiger charge is -2.10. The van der Waals surface area contributed by atoms with Crippen LogP contribution in [0.3, 0.4) is 0 Å². The van der Waals surface area contributed by atoms with Gasteiger partial charge < -0.3 is 10.4 Å². The van der Waals surface area contributed by atoms with Crippen molar-refractivity contribution in [2.75, 3.05) is 5.32 Å². The maximum Gasteiger partial charge on any atom is 0.446 e. The number of halogens is 4. The molecule has 0 fully saturated rings. The van der Waals surface area contributed by atoms with Crippen LogP contribution in [0.1, 0.15) is 5.56 Å². The van der Waals surface area contributed by atoms with Crippen molar-refractivity contribution in [2.45, 2.75) is 16.9 Å². The van der Waals surface area contributed by atoms with E-state index in [9.17, 15) is 18.3 Å². The lowest BCUT2D eigenvalue weighted by atomic mass is 10.2. The van der Waals surface area contributed by atoms with Crippen LogP contribution in [0.2, 0.25) is 5.02 Å². The van der Waals surface area contributed by atoms with Gasteiger partial charge in [-0.1, -0.05) is 23.7 Å². The summed E-state index contributed by atoms with van der Waals surface area (Å²) in [5, 5.41) is 13.0. The van der Waals surface area contributed by atoms with E-state index in [-0.39, 0.29) is 27.4 Å². The second-order valence-corrected chi connectivity index (χ2v) is 5.72. The largest absolute Gasteiger partial charge is 0.506 e. The van der Waals surface area contributed by atoms with E-state index in [0.717, 1.165) is 0 Å². The van der Waals surface area contributed by atoms with Gasteiger partial charge in [-0.15, -0.1) is 0 Å². The second-order valence-electron chi connectivity index (χ2n) is 4.17. The molecule has 2 rings (SSSR count). The summed E-state index contributed by atoms with van der Waals surface area (Å²) in [6.45, 7) is 0.318. The second kappa shape index (κ2) is 6.49. The van der Waals surface area contributed by atoms with Gasteiger partial charge in [0.1, 0.15) is 5.75 Å². The van der Waals surface area contributed by atoms with Crippen LogP contribution >= 0.6 is 23.4 Å². The maximum absolute atomic E-state index is 12.2. The van der Waals surface area contributed by atoms with Gasteiger partial charge in [0.05, 0.1) is 5.02 Å². The fraction of sp³-hybridized carbons (Fsp3) is 0.143. The van der Waals surface area contributed by atoms with Crippen molar-refractivity contribution in [2.24, 2.45) is 0 Å². The van der Waals surface area contributed by atoms with Gasteiger partial charge >= 0.3 is 5.51 Å². The number of thioether (sulfide) groups is 1. The van der Waals surface area contributed by atoms with Crippen LogP contribution in [-0.2, 0) is 6.54 Å². The third-order valence-electron chi connectivity index (χ3n) is 2.64. The highest BCUT2D eigenvalue weighted by Gasteiger charge is 2.28. The first-order chi connectivity index (χ1) is 9.85. The van der Waals surface area contributed by atoms with Gasteiger partial charge in [-0.2, -0.15) is 13.2 Å². The summed E-state index contributed by atoms with van der Waals surface area (Å²) >= 11 is 5.63. The number of hydrogen-bond donors (Lipinski definition) is 2. The number of nitrogens with one attached hydrogen (secondary N) is 1. The van der Waals surface area contributed by atoms with Gasteiger partial charge in [-0.25, -0.2) is 0 Å². The molecule has 0 spiro atoms. The molecule has 2 aromatic rings. The fourth-order valence-electron chi connectivity index (χ4n) is 1.67. The van der Waals surface area contributed by atoms with E-state index < -0.39 is 5.51 Å². The monoisotopic (exact) mass is 333 g/mol. The van der Waals surface area contributed by atoms with Gasteiger partial charge in [0, 0.05) is 22.7 Å². The predicted molar refractivity (Wildman–Crippen MR) is 78.8 cm³/mol. The van der Waals surface area contributed by atoms with Gasteiger partial charge in [0.15, 0.2) is 0 Å². The van der Waals surface area contributed by atoms with Crippen molar-refractivity contribution in [1.82, 2.24) is 0 Å². The Morgan fingerprint density at radius 3 is 2.38 bits per heavy atom. The Morgan fingerprint density at radius 2 is 1.76 bits per heavy atom. The lowest BCUT2D eigenvalue weighted by Crippen LogP contribution is -2.01. The molecule has 0 aliphatic heterocycles. The van der Waals surface area contributed by atoms with Gasteiger partial charge in [0.2, 0.25) is 0 Å². The number of para-hydroxylation sites is 1. The molecule has 0 unspecified atom stereocenters. The van der Waals surface area contributed by atoms with E-state index in [1.165, 1.54) is 12.1 Å². The molecule has 0 heterocycles. The molecule has 7 heteroatoms. The van der Waals surface area contributed by atoms with E-state index in [4.69, 9.17) is 11.6 Å². The van der Waals surface area contributed by atoms with E-state index >= 15 is 0 Å². The smallest absolute Gasteiger partial charge is 0.446 e. The summed E-state index contributed by atoms with van der Waals surface area (Å²) in [6, 6.07) is 10.9. The molecule has 2 N–H and O–H groups in total. The van der Waals surface area contributed by atoms with E-state index in [1.54, 1.807) is 30.3 Å². The zero-order valence-electron chi connectivity index (χ0n) is 10.6. The Hall–Kier alpha value is -1.53. The third kappa shape index (κ3) is 4.75. The van der Waals surface area contributed by atoms with Crippen molar-refractivity contribution >= 4 is 29.1 Å². The number of alkyl halides is 3. The van der Waals surface area contributed by atoms with Gasteiger partial charge in [-0.05, 0) is 42.1 Å². The van der Waals surface area contributed by atoms with Crippen molar-refractivity contribution in [1.29, 1.82) is 0 Å². The van der Waals surface area contributed by atoms with Crippen LogP contribution in [0, 0.1) is 0 Å². The number of rotatable bonds is 4. The highest BCUT2D eigenvalue weighted by molar-refractivity contribution is 8.00. The molecule has 0 aliphatic rings. The zero-order valence-corrected chi connectivity index (χ0v) is 12.2. The summed E-state index contributed by atoms with van der Waals surface area (Å²) in [5.74, 6) is -0.00378. The molecule has 0 atom stereocenters. The Kier molecular flexibility index (Phi) is 4.90. The van der Waals surface area contributed by atoms with Crippen molar-refractivity contribution in [3.63, 3.8) is 0 Å². The summed E-state index contributed by atoms with van der Waals surface area (Å²) < 4.78 is 36.6. The number of phenols is 1. The normalized spacial score (nSPS) is 11.4. The summed E-state index contributed by atoms with van der Waals surface area (Å²) in [7, 11) is 0. The van der Waals surface area contributed by atoms with Crippen LogP contribution in [0.4, 0.5) is 18.9 Å². The molecule has 0 aromatic heterocycles. The van der Waals surface area contributed by atoms with Crippen LogP contribution in [0.5, 0.6) is 5.75 Å². The molecule has 2 nitrogen and oxygen atoms in total. The first-order valence-corrected chi connectivity index (χ1v) is 7.10. The number of anilines is 1. The minimum Gasteiger partial charge on any atom is -0.506 e. The Balaban J connectivity index is 1.99. The van der Waals surface area contributed by atoms with Crippen molar-refractivity contribution in [3.05, 3.63) is 53.1 Å². The van der Waals surface area contributed by atoms with Crippen LogP contribution in [-0.4, -0.2) is 10.6 Å². The highest BCUT2D eigenvalue weighted by atomic mass is 35.5. The Labute approximate surface area is 128 Å². The Morgan fingerprint density at radius 1 is 1.10 bits per heavy atom. The van der Waals surface area contributed by atoms with Gasteiger partial charge in [0.25, 0.3) is 0 Å². The molecule has 112 valence electrons. The molecular formula is C14H11ClF3NOS. The zero-order chi connectivity index (χ0) is 15.5. The summed E-state index contributed by atoms with van der Waals surface area (Å²) in [4.78, 5) is 0.124. The molecule has 0 amide bonds. The van der Waals surface area contributed by atoms with E-state index in [1.807, 2.05) is 0 Å². The van der Waals surface area contributed by atoms with Gasteiger partial charge in [-0.3, -0.25) is 0 Å². The molecule has 21 heavy (non-hydrogen) atoms. The molecule has 0 radical (unpaired) electrons. The molecular weight excluding hydrogens is 323 g/mol. The minimum atomic E-state index is -4.29. The number of aromatic hydroxyl groups is 1. The molecule has 0 aliphatic carbocycles. The number of benzene rings is 2. The van der Waals surface area contributed by atoms with Crippen LogP contribution < -0.4 is 5.32 Å². The number of phenolic OH excluding ortho intramolecular Hbond substituents is 1. The lowest BCUT2D eigenvalue weighted by molar-refractivity contribution is -0.0328. The standard InChI is InChI=1S/C14H11ClF3NOS/c15-12-3-1-2-9(13(12)20)8-19-10-4-6-11(7-5-10)21-14(16,17)18/h1-7,19-20H,8H2. The third-order valence-corrected chi connectivity index (χ3v) is 3.69. The van der Waals surface area contributed by atoms with Crippen LogP contribution in [0.25, 0.3) is 0 Å². The quantitative estimate of drug-likeness (QED) is 0.748. The molecule has 0 bridgehead atoms. The number of hydrogen-bond acceptors (Lipinski definition) is 3. The highest BCUT2D eigenvalue weighted by Crippen LogP contribution is 2.37. The summed E-state index contributed by atoms with van der Waals surface area (Å²) in [6.07, 6.45) is 0. The first-order valence-electron chi connectivity index (χ1n) is 5.91. The minimum absolute atomic E-state index is 0.00378. The summed E-state index contributed by atoms with van der Waals surface area (Å²) in [5.41, 5.74) is -3.03. The fourth-order valence-corrected chi connectivity index (χ4v) is 2.41. The topological polar surface area (TPSA) is 32.3 Å². The van der Waals surface area contributed by atoms with Crippen molar-refractivity contribution < 1.29 is 18.3 Å². The van der Waals surface area contributed by atoms with Crippen molar-refractivity contribution in [3.8, 4) is 5.75 Å². The van der Waals surface area contributed by atoms with Crippen LogP contribution in [0.15, 0.2) is 47.4 Å². The molecule has 0 saturated carbocycles. The SMILES string of the molecule is Oc1c(Cl)cccc1CNc1ccc(SC(F)(F)F)cc1. The first kappa shape index (κ1) is 15.9. The predicted octanol–water partition coefficient (Wildman–Crippen LogP) is 5.27.